The highest BCUT2D eigenvalue weighted by atomic mass is 32.2. The molecule has 2 aromatic carbocycles. The number of imide groups is 1. The zero-order valence-electron chi connectivity index (χ0n) is 18.7. The van der Waals surface area contributed by atoms with Crippen LogP contribution >= 0.6 is 0 Å². The molecule has 1 saturated carbocycles. The summed E-state index contributed by atoms with van der Waals surface area (Å²) in [6, 6.07) is 12.2. The third-order valence-corrected chi connectivity index (χ3v) is 7.85. The number of hydrogen-bond acceptors (Lipinski definition) is 6. The van der Waals surface area contributed by atoms with E-state index in [-0.39, 0.29) is 16.5 Å². The Morgan fingerprint density at radius 2 is 1.68 bits per heavy atom. The molecule has 10 heteroatoms. The van der Waals surface area contributed by atoms with Crippen molar-refractivity contribution in [2.75, 3.05) is 17.5 Å². The first-order valence-corrected chi connectivity index (χ1v) is 12.8. The van der Waals surface area contributed by atoms with E-state index in [4.69, 9.17) is 4.74 Å². The summed E-state index contributed by atoms with van der Waals surface area (Å²) >= 11 is 0. The van der Waals surface area contributed by atoms with Crippen molar-refractivity contribution >= 4 is 33.6 Å². The van der Waals surface area contributed by atoms with E-state index in [1.54, 1.807) is 12.1 Å². The predicted octanol–water partition coefficient (Wildman–Crippen LogP) is 2.75. The van der Waals surface area contributed by atoms with E-state index in [0.717, 1.165) is 44.1 Å². The van der Waals surface area contributed by atoms with Gasteiger partial charge in [-0.15, -0.1) is 0 Å². The van der Waals surface area contributed by atoms with Gasteiger partial charge in [0.15, 0.2) is 6.61 Å². The fraction of sp³-hybridized carbons (Fsp3) is 0.375. The molecule has 1 fully saturated rings. The average Bonchev–Trinajstić information content (AvgIpc) is 3.35. The number of carbonyl (C=O) groups is 3. The van der Waals surface area contributed by atoms with Crippen LogP contribution in [0, 0.1) is 0 Å². The second-order valence-corrected chi connectivity index (χ2v) is 10.3. The number of aryl methyl sites for hydroxylation is 1. The third-order valence-electron chi connectivity index (χ3n) is 6.02. The van der Waals surface area contributed by atoms with E-state index < -0.39 is 34.5 Å². The van der Waals surface area contributed by atoms with Crippen LogP contribution in [-0.2, 0) is 26.0 Å². The molecule has 0 spiro atoms. The number of esters is 1. The van der Waals surface area contributed by atoms with Crippen LogP contribution in [0.25, 0.3) is 0 Å². The number of carbonyl (C=O) groups excluding carboxylic acids is 3. The lowest BCUT2D eigenvalue weighted by atomic mass is 10.0. The van der Waals surface area contributed by atoms with Crippen molar-refractivity contribution in [2.24, 2.45) is 0 Å². The van der Waals surface area contributed by atoms with Gasteiger partial charge in [-0.25, -0.2) is 18.0 Å². The van der Waals surface area contributed by atoms with E-state index in [1.165, 1.54) is 28.6 Å². The van der Waals surface area contributed by atoms with Crippen LogP contribution in [0.5, 0.6) is 0 Å². The average molecular weight is 486 g/mol. The second kappa shape index (κ2) is 10.3. The molecule has 0 atom stereocenters. The molecule has 2 aromatic rings. The molecule has 180 valence electrons. The van der Waals surface area contributed by atoms with Crippen LogP contribution in [0.1, 0.15) is 48.0 Å². The molecule has 34 heavy (non-hydrogen) atoms. The molecule has 0 radical (unpaired) electrons. The summed E-state index contributed by atoms with van der Waals surface area (Å²) < 4.78 is 32.7. The Morgan fingerprint density at radius 3 is 2.41 bits per heavy atom. The third kappa shape index (κ3) is 5.39. The van der Waals surface area contributed by atoms with Crippen molar-refractivity contribution in [3.63, 3.8) is 0 Å². The Bertz CT molecular complexity index is 1170. The molecule has 1 aliphatic carbocycles. The number of para-hydroxylation sites is 1. The number of nitrogens with one attached hydrogen (secondary N) is 2. The van der Waals surface area contributed by atoms with Gasteiger partial charge in [-0.05, 0) is 61.6 Å². The number of amides is 3. The molecule has 1 heterocycles. The second-order valence-electron chi connectivity index (χ2n) is 8.41. The molecule has 0 saturated heterocycles. The van der Waals surface area contributed by atoms with Gasteiger partial charge in [-0.3, -0.25) is 14.4 Å². The molecular formula is C24H27N3O6S. The summed E-state index contributed by atoms with van der Waals surface area (Å²) in [5.41, 5.74) is 1.74. The Kier molecular flexibility index (Phi) is 7.16. The molecule has 0 aromatic heterocycles. The Balaban J connectivity index is 1.33. The molecule has 0 bridgehead atoms. The van der Waals surface area contributed by atoms with Gasteiger partial charge in [-0.2, -0.15) is 0 Å². The van der Waals surface area contributed by atoms with E-state index in [1.807, 2.05) is 12.1 Å². The first-order valence-electron chi connectivity index (χ1n) is 11.3. The van der Waals surface area contributed by atoms with Crippen molar-refractivity contribution < 1.29 is 27.5 Å². The highest BCUT2D eigenvalue weighted by molar-refractivity contribution is 7.92. The van der Waals surface area contributed by atoms with Crippen molar-refractivity contribution in [3.05, 3.63) is 59.7 Å². The van der Waals surface area contributed by atoms with Crippen LogP contribution in [0.3, 0.4) is 0 Å². The van der Waals surface area contributed by atoms with Gasteiger partial charge < -0.3 is 10.1 Å². The number of hydrogen-bond donors (Lipinski definition) is 2. The lowest BCUT2D eigenvalue weighted by molar-refractivity contribution is -0.123. The standard InChI is InChI=1S/C24H27N3O6S/c28-22(26-24(30)25-19-8-2-3-9-19)16-33-23(29)18-11-13-20(14-12-18)34(31,32)27-15-5-7-17-6-1-4-10-21(17)27/h1,4,6,10-14,19H,2-3,5,7-9,15-16H2,(H2,25,26,28,30). The summed E-state index contributed by atoms with van der Waals surface area (Å²) in [5.74, 6) is -1.54. The van der Waals surface area contributed by atoms with Gasteiger partial charge in [0.05, 0.1) is 16.1 Å². The molecule has 2 aliphatic rings. The van der Waals surface area contributed by atoms with Gasteiger partial charge in [0, 0.05) is 12.6 Å². The van der Waals surface area contributed by atoms with Gasteiger partial charge >= 0.3 is 12.0 Å². The zero-order chi connectivity index (χ0) is 24.1. The smallest absolute Gasteiger partial charge is 0.338 e. The number of sulfonamides is 1. The molecule has 4 rings (SSSR count). The first-order chi connectivity index (χ1) is 16.3. The van der Waals surface area contributed by atoms with E-state index in [2.05, 4.69) is 10.6 Å². The summed E-state index contributed by atoms with van der Waals surface area (Å²) in [7, 11) is -3.79. The number of benzene rings is 2. The fourth-order valence-corrected chi connectivity index (χ4v) is 5.85. The van der Waals surface area contributed by atoms with Gasteiger partial charge in [0.25, 0.3) is 15.9 Å². The maximum Gasteiger partial charge on any atom is 0.338 e. The molecule has 0 unspecified atom stereocenters. The lowest BCUT2D eigenvalue weighted by Gasteiger charge is -2.30. The van der Waals surface area contributed by atoms with Gasteiger partial charge in [0.2, 0.25) is 0 Å². The van der Waals surface area contributed by atoms with Gasteiger partial charge in [0.1, 0.15) is 0 Å². The maximum absolute atomic E-state index is 13.2. The van der Waals surface area contributed by atoms with Crippen LogP contribution in [-0.4, -0.2) is 45.5 Å². The first kappa shape index (κ1) is 23.7. The lowest BCUT2D eigenvalue weighted by Crippen LogP contribution is -2.44. The highest BCUT2D eigenvalue weighted by Gasteiger charge is 2.29. The SMILES string of the molecule is O=C(COC(=O)c1ccc(S(=O)(=O)N2CCCc3ccccc32)cc1)NC(=O)NC1CCCC1. The number of ether oxygens (including phenoxy) is 1. The quantitative estimate of drug-likeness (QED) is 0.607. The predicted molar refractivity (Wildman–Crippen MR) is 125 cm³/mol. The van der Waals surface area contributed by atoms with Crippen molar-refractivity contribution in [2.45, 2.75) is 49.5 Å². The maximum atomic E-state index is 13.2. The zero-order valence-corrected chi connectivity index (χ0v) is 19.5. The van der Waals surface area contributed by atoms with E-state index in [9.17, 15) is 22.8 Å². The largest absolute Gasteiger partial charge is 0.452 e. The number of anilines is 1. The summed E-state index contributed by atoms with van der Waals surface area (Å²) in [5, 5.41) is 4.85. The van der Waals surface area contributed by atoms with Crippen LogP contribution in [0.15, 0.2) is 53.4 Å². The van der Waals surface area contributed by atoms with Crippen LogP contribution in [0.2, 0.25) is 0 Å². The number of rotatable bonds is 6. The normalized spacial score (nSPS) is 15.9. The Hall–Kier alpha value is -3.40. The molecule has 3 amide bonds. The fourth-order valence-electron chi connectivity index (χ4n) is 4.31. The summed E-state index contributed by atoms with van der Waals surface area (Å²) in [6.07, 6.45) is 5.40. The summed E-state index contributed by atoms with van der Waals surface area (Å²) in [4.78, 5) is 36.0. The van der Waals surface area contributed by atoms with Crippen molar-refractivity contribution in [3.8, 4) is 0 Å². The minimum absolute atomic E-state index is 0.0575. The minimum atomic E-state index is -3.79. The Morgan fingerprint density at radius 1 is 0.971 bits per heavy atom. The van der Waals surface area contributed by atoms with Crippen LogP contribution in [0.4, 0.5) is 10.5 Å². The minimum Gasteiger partial charge on any atom is -0.452 e. The molecule has 9 nitrogen and oxygen atoms in total. The number of urea groups is 1. The van der Waals surface area contributed by atoms with E-state index in [0.29, 0.717) is 12.2 Å². The highest BCUT2D eigenvalue weighted by Crippen LogP contribution is 2.31. The Labute approximate surface area is 198 Å². The molecule has 1 aliphatic heterocycles. The monoisotopic (exact) mass is 485 g/mol. The molecular weight excluding hydrogens is 458 g/mol. The van der Waals surface area contributed by atoms with Crippen LogP contribution < -0.4 is 14.9 Å². The summed E-state index contributed by atoms with van der Waals surface area (Å²) in [6.45, 7) is -0.242. The topological polar surface area (TPSA) is 122 Å². The van der Waals surface area contributed by atoms with Crippen molar-refractivity contribution in [1.82, 2.24) is 10.6 Å². The van der Waals surface area contributed by atoms with Gasteiger partial charge in [-0.1, -0.05) is 31.0 Å². The molecule has 2 N–H and O–H groups in total. The number of nitrogens with zero attached hydrogens (tertiary/aromatic N) is 1. The van der Waals surface area contributed by atoms with Crippen molar-refractivity contribution in [1.29, 1.82) is 0 Å². The number of fused-ring (bicyclic) bond motifs is 1. The van der Waals surface area contributed by atoms with E-state index >= 15 is 0 Å².